The predicted molar refractivity (Wildman–Crippen MR) is 90.0 cm³/mol. The number of methoxy groups -OCH3 is 1. The molecule has 1 aliphatic carbocycles. The average Bonchev–Trinajstić information content (AvgIpc) is 2.59. The van der Waals surface area contributed by atoms with Crippen LogP contribution in [-0.2, 0) is 17.6 Å². The van der Waals surface area contributed by atoms with Gasteiger partial charge in [0.15, 0.2) is 0 Å². The summed E-state index contributed by atoms with van der Waals surface area (Å²) in [6.07, 6.45) is 5.03. The van der Waals surface area contributed by atoms with E-state index in [0.717, 1.165) is 44.4 Å². The lowest BCUT2D eigenvalue weighted by molar-refractivity contribution is -0.130. The summed E-state index contributed by atoms with van der Waals surface area (Å²) >= 11 is 0. The molecule has 1 aromatic rings. The summed E-state index contributed by atoms with van der Waals surface area (Å²) < 4.78 is 5.55. The number of hydrogen-bond acceptors (Lipinski definition) is 4. The molecular weight excluding hydrogens is 290 g/mol. The SMILES string of the molecule is CCCN1C(C(=O)NN)CCC2Cc3c(cccc3OC)CC21. The fraction of sp³-hybridized carbons (Fsp3) is 0.611. The highest BCUT2D eigenvalue weighted by Gasteiger charge is 2.42. The van der Waals surface area contributed by atoms with Crippen molar-refractivity contribution in [2.24, 2.45) is 11.8 Å². The lowest BCUT2D eigenvalue weighted by Crippen LogP contribution is -2.59. The van der Waals surface area contributed by atoms with E-state index in [9.17, 15) is 4.79 Å². The van der Waals surface area contributed by atoms with Gasteiger partial charge in [0.2, 0.25) is 0 Å². The van der Waals surface area contributed by atoms with E-state index in [1.165, 1.54) is 11.1 Å². The number of piperidine rings is 1. The van der Waals surface area contributed by atoms with Crippen LogP contribution in [0.5, 0.6) is 5.75 Å². The molecule has 1 saturated heterocycles. The Hall–Kier alpha value is -1.59. The normalized spacial score (nSPS) is 27.0. The van der Waals surface area contributed by atoms with Gasteiger partial charge in [-0.3, -0.25) is 15.1 Å². The van der Waals surface area contributed by atoms with E-state index in [1.807, 2.05) is 0 Å². The smallest absolute Gasteiger partial charge is 0.251 e. The van der Waals surface area contributed by atoms with Gasteiger partial charge < -0.3 is 4.74 Å². The van der Waals surface area contributed by atoms with Crippen LogP contribution in [-0.4, -0.2) is 36.5 Å². The van der Waals surface area contributed by atoms with Crippen molar-refractivity contribution in [3.8, 4) is 5.75 Å². The van der Waals surface area contributed by atoms with Crippen LogP contribution in [0.2, 0.25) is 0 Å². The van der Waals surface area contributed by atoms with Gasteiger partial charge in [0.1, 0.15) is 5.75 Å². The van der Waals surface area contributed by atoms with E-state index in [2.05, 4.69) is 35.4 Å². The number of hydrogen-bond donors (Lipinski definition) is 2. The lowest BCUT2D eigenvalue weighted by atomic mass is 9.73. The minimum atomic E-state index is -0.0895. The van der Waals surface area contributed by atoms with Crippen LogP contribution in [0.1, 0.15) is 37.3 Å². The Balaban J connectivity index is 1.90. The Bertz CT molecular complexity index is 575. The number of hydrazine groups is 1. The summed E-state index contributed by atoms with van der Waals surface area (Å²) in [4.78, 5) is 14.6. The number of likely N-dealkylation sites (tertiary alicyclic amines) is 1. The number of nitrogens with one attached hydrogen (secondary N) is 1. The quantitative estimate of drug-likeness (QED) is 0.503. The molecule has 0 radical (unpaired) electrons. The summed E-state index contributed by atoms with van der Waals surface area (Å²) in [5, 5.41) is 0. The van der Waals surface area contributed by atoms with Crippen LogP contribution in [0.4, 0.5) is 0 Å². The highest BCUT2D eigenvalue weighted by atomic mass is 16.5. The molecule has 1 amide bonds. The molecule has 126 valence electrons. The second-order valence-electron chi connectivity index (χ2n) is 6.67. The number of nitrogens with two attached hydrogens (primary N) is 1. The van der Waals surface area contributed by atoms with Crippen LogP contribution in [0.25, 0.3) is 0 Å². The zero-order valence-electron chi connectivity index (χ0n) is 14.0. The molecule has 5 heteroatoms. The van der Waals surface area contributed by atoms with Crippen molar-refractivity contribution >= 4 is 5.91 Å². The second kappa shape index (κ2) is 6.89. The molecule has 1 fully saturated rings. The minimum absolute atomic E-state index is 0.0478. The maximum atomic E-state index is 12.2. The molecule has 1 aromatic carbocycles. The van der Waals surface area contributed by atoms with Crippen LogP contribution >= 0.6 is 0 Å². The van der Waals surface area contributed by atoms with E-state index in [0.29, 0.717) is 12.0 Å². The summed E-state index contributed by atoms with van der Waals surface area (Å²) in [5.74, 6) is 6.95. The van der Waals surface area contributed by atoms with Gasteiger partial charge in [0.25, 0.3) is 5.91 Å². The number of nitrogens with zero attached hydrogens (tertiary/aromatic N) is 1. The minimum Gasteiger partial charge on any atom is -0.496 e. The third kappa shape index (κ3) is 2.95. The third-order valence-corrected chi connectivity index (χ3v) is 5.45. The first kappa shape index (κ1) is 16.3. The number of rotatable bonds is 4. The first-order valence-corrected chi connectivity index (χ1v) is 8.60. The molecule has 23 heavy (non-hydrogen) atoms. The number of carbonyl (C=O) groups is 1. The highest BCUT2D eigenvalue weighted by Crippen LogP contribution is 2.40. The summed E-state index contributed by atoms with van der Waals surface area (Å²) in [5.41, 5.74) is 5.07. The molecule has 0 spiro atoms. The number of ether oxygens (including phenoxy) is 1. The van der Waals surface area contributed by atoms with E-state index in [4.69, 9.17) is 10.6 Å². The van der Waals surface area contributed by atoms with Crippen LogP contribution in [0.15, 0.2) is 18.2 Å². The Morgan fingerprint density at radius 1 is 1.39 bits per heavy atom. The van der Waals surface area contributed by atoms with Crippen LogP contribution < -0.4 is 16.0 Å². The highest BCUT2D eigenvalue weighted by molar-refractivity contribution is 5.81. The zero-order chi connectivity index (χ0) is 16.4. The van der Waals surface area contributed by atoms with Crippen molar-refractivity contribution < 1.29 is 9.53 Å². The van der Waals surface area contributed by atoms with Crippen molar-refractivity contribution in [2.75, 3.05) is 13.7 Å². The molecule has 3 N–H and O–H groups in total. The van der Waals surface area contributed by atoms with Crippen LogP contribution in [0.3, 0.4) is 0 Å². The fourth-order valence-electron chi connectivity index (χ4n) is 4.42. The summed E-state index contributed by atoms with van der Waals surface area (Å²) in [7, 11) is 1.74. The van der Waals surface area contributed by atoms with E-state index < -0.39 is 0 Å². The monoisotopic (exact) mass is 317 g/mol. The van der Waals surface area contributed by atoms with E-state index >= 15 is 0 Å². The average molecular weight is 317 g/mol. The fourth-order valence-corrected chi connectivity index (χ4v) is 4.42. The van der Waals surface area contributed by atoms with Gasteiger partial charge in [0.05, 0.1) is 13.2 Å². The lowest BCUT2D eigenvalue weighted by Gasteiger charge is -2.48. The largest absolute Gasteiger partial charge is 0.496 e. The predicted octanol–water partition coefficient (Wildman–Crippen LogP) is 1.64. The molecule has 3 rings (SSSR count). The number of benzene rings is 1. The maximum Gasteiger partial charge on any atom is 0.251 e. The van der Waals surface area contributed by atoms with Crippen molar-refractivity contribution in [3.63, 3.8) is 0 Å². The molecule has 1 heterocycles. The second-order valence-corrected chi connectivity index (χ2v) is 6.67. The maximum absolute atomic E-state index is 12.2. The van der Waals surface area contributed by atoms with Crippen molar-refractivity contribution in [1.29, 1.82) is 0 Å². The van der Waals surface area contributed by atoms with E-state index in [-0.39, 0.29) is 11.9 Å². The van der Waals surface area contributed by atoms with Crippen LogP contribution in [0, 0.1) is 5.92 Å². The first-order valence-electron chi connectivity index (χ1n) is 8.60. The molecule has 2 aliphatic rings. The van der Waals surface area contributed by atoms with Gasteiger partial charge in [-0.25, -0.2) is 5.84 Å². The number of amides is 1. The molecule has 3 unspecified atom stereocenters. The van der Waals surface area contributed by atoms with Crippen molar-refractivity contribution in [3.05, 3.63) is 29.3 Å². The molecule has 0 bridgehead atoms. The first-order chi connectivity index (χ1) is 11.2. The standard InChI is InChI=1S/C18H27N3O2/c1-3-9-21-15(18(22)20-19)8-7-13-10-14-12(11-16(13)21)5-4-6-17(14)23-2/h4-6,13,15-16H,3,7-11,19H2,1-2H3,(H,20,22). The summed E-state index contributed by atoms with van der Waals surface area (Å²) in [6, 6.07) is 6.65. The Kier molecular flexibility index (Phi) is 4.87. The van der Waals surface area contributed by atoms with E-state index in [1.54, 1.807) is 7.11 Å². The molecular formula is C18H27N3O2. The molecule has 0 aromatic heterocycles. The van der Waals surface area contributed by atoms with Gasteiger partial charge >= 0.3 is 0 Å². The van der Waals surface area contributed by atoms with Gasteiger partial charge in [-0.2, -0.15) is 0 Å². The molecule has 5 nitrogen and oxygen atoms in total. The molecule has 3 atom stereocenters. The molecule has 0 saturated carbocycles. The summed E-state index contributed by atoms with van der Waals surface area (Å²) in [6.45, 7) is 3.11. The Morgan fingerprint density at radius 2 is 2.22 bits per heavy atom. The van der Waals surface area contributed by atoms with Gasteiger partial charge in [0, 0.05) is 6.04 Å². The zero-order valence-corrected chi connectivity index (χ0v) is 14.0. The van der Waals surface area contributed by atoms with Gasteiger partial charge in [-0.15, -0.1) is 0 Å². The van der Waals surface area contributed by atoms with Crippen molar-refractivity contribution in [1.82, 2.24) is 10.3 Å². The topological polar surface area (TPSA) is 67.6 Å². The van der Waals surface area contributed by atoms with Crippen molar-refractivity contribution in [2.45, 2.75) is 51.1 Å². The molecule has 1 aliphatic heterocycles. The Labute approximate surface area is 138 Å². The van der Waals surface area contributed by atoms with Gasteiger partial charge in [-0.05, 0) is 61.8 Å². The third-order valence-electron chi connectivity index (χ3n) is 5.45. The van der Waals surface area contributed by atoms with Gasteiger partial charge in [-0.1, -0.05) is 19.1 Å². The Morgan fingerprint density at radius 3 is 2.91 bits per heavy atom. The number of carbonyl (C=O) groups excluding carboxylic acids is 1. The number of fused-ring (bicyclic) bond motifs is 2.